The van der Waals surface area contributed by atoms with E-state index in [1.165, 1.54) is 16.7 Å². The van der Waals surface area contributed by atoms with Gasteiger partial charge in [-0.25, -0.2) is 0 Å². The normalized spacial score (nSPS) is 16.9. The van der Waals surface area contributed by atoms with E-state index in [2.05, 4.69) is 51.6 Å². The van der Waals surface area contributed by atoms with E-state index >= 15 is 0 Å². The quantitative estimate of drug-likeness (QED) is 0.677. The number of pyridine rings is 1. The minimum absolute atomic E-state index is 0. The Hall–Kier alpha value is -2.40. The predicted octanol–water partition coefficient (Wildman–Crippen LogP) is 4.23. The molecule has 0 spiro atoms. The van der Waals surface area contributed by atoms with Gasteiger partial charge in [0.1, 0.15) is 12.4 Å². The van der Waals surface area contributed by atoms with Crippen LogP contribution in [0.15, 0.2) is 79.1 Å². The molecule has 1 N–H and O–H groups in total. The summed E-state index contributed by atoms with van der Waals surface area (Å²) in [4.78, 5) is 6.81. The Bertz CT molecular complexity index is 845. The van der Waals surface area contributed by atoms with Crippen molar-refractivity contribution in [3.05, 3.63) is 95.8 Å². The molecule has 146 valence electrons. The number of nitrogens with one attached hydrogen (secondary N) is 1. The van der Waals surface area contributed by atoms with Crippen LogP contribution in [-0.2, 0) is 13.2 Å². The lowest BCUT2D eigenvalue weighted by molar-refractivity contribution is 0.153. The molecule has 4 rings (SSSR count). The van der Waals surface area contributed by atoms with Crippen LogP contribution in [0.2, 0.25) is 0 Å². The number of hydrogen-bond acceptors (Lipinski definition) is 4. The molecular formula is C23H26ClN3O. The maximum absolute atomic E-state index is 5.99. The van der Waals surface area contributed by atoms with E-state index in [1.54, 1.807) is 0 Å². The van der Waals surface area contributed by atoms with E-state index in [0.29, 0.717) is 12.6 Å². The Morgan fingerprint density at radius 2 is 1.86 bits per heavy atom. The average Bonchev–Trinajstić information content (AvgIpc) is 2.74. The highest BCUT2D eigenvalue weighted by molar-refractivity contribution is 5.85. The van der Waals surface area contributed by atoms with E-state index in [1.807, 2.05) is 42.7 Å². The number of hydrogen-bond donors (Lipinski definition) is 1. The molecular weight excluding hydrogens is 370 g/mol. The molecule has 1 aliphatic heterocycles. The van der Waals surface area contributed by atoms with Crippen molar-refractivity contribution in [1.82, 2.24) is 15.2 Å². The van der Waals surface area contributed by atoms with Crippen molar-refractivity contribution in [3.63, 3.8) is 0 Å². The second-order valence-electron chi connectivity index (χ2n) is 6.90. The Morgan fingerprint density at radius 1 is 1.00 bits per heavy atom. The van der Waals surface area contributed by atoms with Crippen molar-refractivity contribution < 1.29 is 4.74 Å². The molecule has 5 heteroatoms. The smallest absolute Gasteiger partial charge is 0.120 e. The number of nitrogens with zero attached hydrogens (tertiary/aromatic N) is 2. The SMILES string of the molecule is Cl.c1ccc(COc2cccc(CN3CCNCC3c3cccnc3)c2)cc1. The van der Waals surface area contributed by atoms with Crippen molar-refractivity contribution in [2.75, 3.05) is 19.6 Å². The van der Waals surface area contributed by atoms with Gasteiger partial charge in [-0.15, -0.1) is 12.4 Å². The first-order valence-corrected chi connectivity index (χ1v) is 9.49. The highest BCUT2D eigenvalue weighted by Gasteiger charge is 2.23. The first-order chi connectivity index (χ1) is 13.4. The minimum Gasteiger partial charge on any atom is -0.489 e. The van der Waals surface area contributed by atoms with Crippen LogP contribution in [0.3, 0.4) is 0 Å². The number of rotatable bonds is 6. The maximum Gasteiger partial charge on any atom is 0.120 e. The van der Waals surface area contributed by atoms with E-state index in [-0.39, 0.29) is 12.4 Å². The number of ether oxygens (including phenoxy) is 1. The van der Waals surface area contributed by atoms with Crippen LogP contribution in [0, 0.1) is 0 Å². The summed E-state index contributed by atoms with van der Waals surface area (Å²) >= 11 is 0. The topological polar surface area (TPSA) is 37.4 Å². The molecule has 3 aromatic rings. The van der Waals surface area contributed by atoms with Gasteiger partial charge in [-0.3, -0.25) is 9.88 Å². The van der Waals surface area contributed by atoms with Gasteiger partial charge in [0.25, 0.3) is 0 Å². The Kier molecular flexibility index (Phi) is 7.43. The van der Waals surface area contributed by atoms with Crippen molar-refractivity contribution in [2.45, 2.75) is 19.2 Å². The van der Waals surface area contributed by atoms with Crippen LogP contribution in [-0.4, -0.2) is 29.5 Å². The fraction of sp³-hybridized carbons (Fsp3) is 0.261. The Morgan fingerprint density at radius 3 is 2.68 bits per heavy atom. The fourth-order valence-corrected chi connectivity index (χ4v) is 3.55. The summed E-state index contributed by atoms with van der Waals surface area (Å²) in [5, 5.41) is 3.50. The summed E-state index contributed by atoms with van der Waals surface area (Å²) < 4.78 is 5.99. The molecule has 0 aliphatic carbocycles. The van der Waals surface area contributed by atoms with Gasteiger partial charge < -0.3 is 10.1 Å². The van der Waals surface area contributed by atoms with E-state index in [4.69, 9.17) is 4.74 Å². The Labute approximate surface area is 173 Å². The predicted molar refractivity (Wildman–Crippen MR) is 115 cm³/mol. The summed E-state index contributed by atoms with van der Waals surface area (Å²) in [5.74, 6) is 0.921. The minimum atomic E-state index is 0. The monoisotopic (exact) mass is 395 g/mol. The van der Waals surface area contributed by atoms with Gasteiger partial charge in [0.05, 0.1) is 0 Å². The number of piperazine rings is 1. The molecule has 28 heavy (non-hydrogen) atoms. The highest BCUT2D eigenvalue weighted by atomic mass is 35.5. The first kappa shape index (κ1) is 20.3. The van der Waals surface area contributed by atoms with E-state index in [9.17, 15) is 0 Å². The first-order valence-electron chi connectivity index (χ1n) is 9.49. The molecule has 2 aromatic carbocycles. The van der Waals surface area contributed by atoms with Crippen molar-refractivity contribution in [2.24, 2.45) is 0 Å². The van der Waals surface area contributed by atoms with Crippen LogP contribution in [0.4, 0.5) is 0 Å². The fourth-order valence-electron chi connectivity index (χ4n) is 3.55. The standard InChI is InChI=1S/C23H25N3O.ClH/c1-2-6-19(7-3-1)18-27-22-10-4-8-20(14-22)17-26-13-12-25-16-23(26)21-9-5-11-24-15-21;/h1-11,14-15,23,25H,12-13,16-18H2;1H. The molecule has 1 fully saturated rings. The van der Waals surface area contributed by atoms with E-state index < -0.39 is 0 Å². The lowest BCUT2D eigenvalue weighted by Crippen LogP contribution is -2.45. The van der Waals surface area contributed by atoms with Crippen molar-refractivity contribution in [3.8, 4) is 5.75 Å². The molecule has 4 nitrogen and oxygen atoms in total. The second-order valence-corrected chi connectivity index (χ2v) is 6.90. The molecule has 0 radical (unpaired) electrons. The van der Waals surface area contributed by atoms with Crippen molar-refractivity contribution >= 4 is 12.4 Å². The van der Waals surface area contributed by atoms with Crippen LogP contribution in [0.25, 0.3) is 0 Å². The van der Waals surface area contributed by atoms with Crippen molar-refractivity contribution in [1.29, 1.82) is 0 Å². The van der Waals surface area contributed by atoms with E-state index in [0.717, 1.165) is 31.9 Å². The largest absolute Gasteiger partial charge is 0.489 e. The van der Waals surface area contributed by atoms with Gasteiger partial charge in [-0.1, -0.05) is 48.5 Å². The third-order valence-corrected chi connectivity index (χ3v) is 4.96. The summed E-state index contributed by atoms with van der Waals surface area (Å²) in [6.45, 7) is 4.49. The molecule has 0 bridgehead atoms. The van der Waals surface area contributed by atoms with Gasteiger partial charge in [0, 0.05) is 44.6 Å². The zero-order chi connectivity index (χ0) is 18.3. The lowest BCUT2D eigenvalue weighted by Gasteiger charge is -2.36. The third-order valence-electron chi connectivity index (χ3n) is 4.96. The average molecular weight is 396 g/mol. The molecule has 1 aliphatic rings. The molecule has 0 amide bonds. The van der Waals surface area contributed by atoms with Gasteiger partial charge in [-0.05, 0) is 34.9 Å². The highest BCUT2D eigenvalue weighted by Crippen LogP contribution is 2.25. The maximum atomic E-state index is 5.99. The van der Waals surface area contributed by atoms with Crippen LogP contribution >= 0.6 is 12.4 Å². The van der Waals surface area contributed by atoms with Crippen LogP contribution in [0.1, 0.15) is 22.7 Å². The summed E-state index contributed by atoms with van der Waals surface area (Å²) in [6.07, 6.45) is 3.81. The number of aromatic nitrogens is 1. The van der Waals surface area contributed by atoms with Crippen LogP contribution < -0.4 is 10.1 Å². The second kappa shape index (κ2) is 10.2. The summed E-state index contributed by atoms with van der Waals surface area (Å²) in [7, 11) is 0. The van der Waals surface area contributed by atoms with Gasteiger partial charge in [0.2, 0.25) is 0 Å². The lowest BCUT2D eigenvalue weighted by atomic mass is 10.0. The van der Waals surface area contributed by atoms with Gasteiger partial charge in [0.15, 0.2) is 0 Å². The third kappa shape index (κ3) is 5.32. The summed E-state index contributed by atoms with van der Waals surface area (Å²) in [6, 6.07) is 23.2. The zero-order valence-electron chi connectivity index (χ0n) is 15.8. The molecule has 1 aromatic heterocycles. The molecule has 1 atom stereocenters. The molecule has 1 unspecified atom stereocenters. The summed E-state index contributed by atoms with van der Waals surface area (Å²) in [5.41, 5.74) is 3.72. The Balaban J connectivity index is 0.00000225. The zero-order valence-corrected chi connectivity index (χ0v) is 16.6. The van der Waals surface area contributed by atoms with Crippen LogP contribution in [0.5, 0.6) is 5.75 Å². The molecule has 2 heterocycles. The number of benzene rings is 2. The van der Waals surface area contributed by atoms with Gasteiger partial charge in [-0.2, -0.15) is 0 Å². The molecule has 0 saturated carbocycles. The molecule has 1 saturated heterocycles. The van der Waals surface area contributed by atoms with Gasteiger partial charge >= 0.3 is 0 Å². The number of halogens is 1.